The van der Waals surface area contributed by atoms with Crippen molar-refractivity contribution in [2.75, 3.05) is 13.1 Å². The zero-order chi connectivity index (χ0) is 19.0. The maximum absolute atomic E-state index is 12.4. The SMILES string of the molecule is CCCCCCCCCNC1CC(=O)N(CCCCCCCCC)C1=O. The van der Waals surface area contributed by atoms with Gasteiger partial charge in [-0.15, -0.1) is 0 Å². The zero-order valence-corrected chi connectivity index (χ0v) is 17.4. The molecule has 4 nitrogen and oxygen atoms in total. The Morgan fingerprint density at radius 2 is 1.27 bits per heavy atom. The van der Waals surface area contributed by atoms with Crippen LogP contribution in [0.15, 0.2) is 0 Å². The largest absolute Gasteiger partial charge is 0.305 e. The Labute approximate surface area is 161 Å². The van der Waals surface area contributed by atoms with Gasteiger partial charge < -0.3 is 5.32 Å². The summed E-state index contributed by atoms with van der Waals surface area (Å²) in [4.78, 5) is 26.0. The van der Waals surface area contributed by atoms with Crippen LogP contribution in [0.4, 0.5) is 0 Å². The summed E-state index contributed by atoms with van der Waals surface area (Å²) in [7, 11) is 0. The lowest BCUT2D eigenvalue weighted by atomic mass is 10.1. The normalized spacial score (nSPS) is 17.5. The number of imide groups is 1. The monoisotopic (exact) mass is 366 g/mol. The van der Waals surface area contributed by atoms with E-state index in [1.54, 1.807) is 0 Å². The second kappa shape index (κ2) is 15.2. The van der Waals surface area contributed by atoms with Crippen molar-refractivity contribution in [3.63, 3.8) is 0 Å². The van der Waals surface area contributed by atoms with Crippen molar-refractivity contribution in [1.82, 2.24) is 10.2 Å². The van der Waals surface area contributed by atoms with Gasteiger partial charge in [0.05, 0.1) is 12.5 Å². The first-order valence-electron chi connectivity index (χ1n) is 11.3. The maximum atomic E-state index is 12.4. The van der Waals surface area contributed by atoms with Crippen LogP contribution in [0, 0.1) is 0 Å². The third-order valence-electron chi connectivity index (χ3n) is 5.40. The van der Waals surface area contributed by atoms with Gasteiger partial charge in [0.15, 0.2) is 0 Å². The summed E-state index contributed by atoms with van der Waals surface area (Å²) in [6.45, 7) is 5.92. The van der Waals surface area contributed by atoms with Crippen LogP contribution in [0.2, 0.25) is 0 Å². The fourth-order valence-electron chi connectivity index (χ4n) is 3.66. The van der Waals surface area contributed by atoms with Crippen LogP contribution in [0.25, 0.3) is 0 Å². The summed E-state index contributed by atoms with van der Waals surface area (Å²) in [5, 5.41) is 3.31. The van der Waals surface area contributed by atoms with E-state index in [0.717, 1.165) is 25.8 Å². The van der Waals surface area contributed by atoms with Gasteiger partial charge >= 0.3 is 0 Å². The molecule has 0 aromatic carbocycles. The summed E-state index contributed by atoms with van der Waals surface area (Å²) in [5.41, 5.74) is 0. The van der Waals surface area contributed by atoms with Crippen LogP contribution < -0.4 is 5.32 Å². The molecule has 1 heterocycles. The van der Waals surface area contributed by atoms with Gasteiger partial charge in [-0.1, -0.05) is 90.9 Å². The van der Waals surface area contributed by atoms with Crippen molar-refractivity contribution in [1.29, 1.82) is 0 Å². The minimum Gasteiger partial charge on any atom is -0.305 e. The van der Waals surface area contributed by atoms with Crippen molar-refractivity contribution >= 4 is 11.8 Å². The predicted octanol–water partition coefficient (Wildman–Crippen LogP) is 5.20. The number of nitrogens with one attached hydrogen (secondary N) is 1. The molecule has 1 unspecified atom stereocenters. The van der Waals surface area contributed by atoms with Crippen LogP contribution in [-0.2, 0) is 9.59 Å². The summed E-state index contributed by atoms with van der Waals surface area (Å²) < 4.78 is 0. The van der Waals surface area contributed by atoms with Crippen LogP contribution >= 0.6 is 0 Å². The fraction of sp³-hybridized carbons (Fsp3) is 0.909. The lowest BCUT2D eigenvalue weighted by Gasteiger charge is -2.15. The molecule has 0 aromatic heterocycles. The molecule has 1 atom stereocenters. The standard InChI is InChI=1S/C22H42N2O2/c1-3-5-7-9-11-13-15-17-23-20-19-21(25)24(22(20)26)18-16-14-12-10-8-6-4-2/h20,23H,3-19H2,1-2H3. The molecule has 1 fully saturated rings. The molecule has 0 radical (unpaired) electrons. The van der Waals surface area contributed by atoms with E-state index in [9.17, 15) is 9.59 Å². The molecule has 1 saturated heterocycles. The topological polar surface area (TPSA) is 49.4 Å². The highest BCUT2D eigenvalue weighted by Crippen LogP contribution is 2.15. The van der Waals surface area contributed by atoms with Crippen molar-refractivity contribution in [2.24, 2.45) is 0 Å². The Bertz CT molecular complexity index is 384. The summed E-state index contributed by atoms with van der Waals surface area (Å²) >= 11 is 0. The molecule has 0 saturated carbocycles. The summed E-state index contributed by atoms with van der Waals surface area (Å²) in [5.74, 6) is 0.0157. The molecule has 1 aliphatic rings. The number of carbonyl (C=O) groups excluding carboxylic acids is 2. The van der Waals surface area contributed by atoms with Crippen molar-refractivity contribution < 1.29 is 9.59 Å². The van der Waals surface area contributed by atoms with Crippen LogP contribution in [0.3, 0.4) is 0 Å². The number of likely N-dealkylation sites (tertiary alicyclic amines) is 1. The van der Waals surface area contributed by atoms with E-state index in [2.05, 4.69) is 19.2 Å². The van der Waals surface area contributed by atoms with Crippen LogP contribution in [0.1, 0.15) is 110 Å². The van der Waals surface area contributed by atoms with Crippen molar-refractivity contribution in [2.45, 2.75) is 116 Å². The molecule has 4 heteroatoms. The highest BCUT2D eigenvalue weighted by atomic mass is 16.2. The first-order chi connectivity index (χ1) is 12.7. The number of hydrogen-bond acceptors (Lipinski definition) is 3. The number of unbranched alkanes of at least 4 members (excludes halogenated alkanes) is 12. The molecule has 1 N–H and O–H groups in total. The van der Waals surface area contributed by atoms with E-state index >= 15 is 0 Å². The van der Waals surface area contributed by atoms with Crippen LogP contribution in [-0.4, -0.2) is 35.8 Å². The maximum Gasteiger partial charge on any atom is 0.246 e. The average Bonchev–Trinajstić information content (AvgIpc) is 2.90. The lowest BCUT2D eigenvalue weighted by molar-refractivity contribution is -0.138. The van der Waals surface area contributed by atoms with Gasteiger partial charge in [-0.25, -0.2) is 0 Å². The molecule has 26 heavy (non-hydrogen) atoms. The van der Waals surface area contributed by atoms with Crippen molar-refractivity contribution in [3.05, 3.63) is 0 Å². The van der Waals surface area contributed by atoms with E-state index in [1.165, 1.54) is 75.5 Å². The second-order valence-corrected chi connectivity index (χ2v) is 7.84. The molecule has 0 aliphatic carbocycles. The molecule has 0 spiro atoms. The van der Waals surface area contributed by atoms with Gasteiger partial charge in [0.2, 0.25) is 11.8 Å². The Morgan fingerprint density at radius 1 is 0.769 bits per heavy atom. The van der Waals surface area contributed by atoms with Gasteiger partial charge in [-0.3, -0.25) is 14.5 Å². The quantitative estimate of drug-likeness (QED) is 0.284. The molecule has 152 valence electrons. The smallest absolute Gasteiger partial charge is 0.246 e. The van der Waals surface area contributed by atoms with Gasteiger partial charge in [-0.2, -0.15) is 0 Å². The van der Waals surface area contributed by atoms with Gasteiger partial charge in [0, 0.05) is 6.54 Å². The Hall–Kier alpha value is -0.900. The Balaban J connectivity index is 2.07. The number of nitrogens with zero attached hydrogens (tertiary/aromatic N) is 1. The number of hydrogen-bond donors (Lipinski definition) is 1. The van der Waals surface area contributed by atoms with E-state index in [4.69, 9.17) is 0 Å². The Kier molecular flexibility index (Phi) is 13.5. The third-order valence-corrected chi connectivity index (χ3v) is 5.40. The first kappa shape index (κ1) is 23.1. The summed E-state index contributed by atoms with van der Waals surface area (Å²) in [6, 6.07) is -0.271. The van der Waals surface area contributed by atoms with Gasteiger partial charge in [0.1, 0.15) is 0 Å². The zero-order valence-electron chi connectivity index (χ0n) is 17.4. The molecular formula is C22H42N2O2. The molecule has 1 aliphatic heterocycles. The summed E-state index contributed by atoms with van der Waals surface area (Å²) in [6.07, 6.45) is 17.7. The fourth-order valence-corrected chi connectivity index (χ4v) is 3.66. The minimum absolute atomic E-state index is 0.00364. The lowest BCUT2D eigenvalue weighted by Crippen LogP contribution is -2.39. The average molecular weight is 367 g/mol. The van der Waals surface area contributed by atoms with E-state index < -0.39 is 0 Å². The van der Waals surface area contributed by atoms with Gasteiger partial charge in [0.25, 0.3) is 0 Å². The molecule has 2 amide bonds. The van der Waals surface area contributed by atoms with E-state index in [0.29, 0.717) is 13.0 Å². The number of amides is 2. The van der Waals surface area contributed by atoms with Crippen LogP contribution in [0.5, 0.6) is 0 Å². The molecule has 0 bridgehead atoms. The van der Waals surface area contributed by atoms with Gasteiger partial charge in [-0.05, 0) is 19.4 Å². The minimum atomic E-state index is -0.271. The van der Waals surface area contributed by atoms with Crippen molar-refractivity contribution in [3.8, 4) is 0 Å². The molecule has 0 aromatic rings. The third kappa shape index (κ3) is 9.70. The first-order valence-corrected chi connectivity index (χ1v) is 11.3. The molecular weight excluding hydrogens is 324 g/mol. The number of carbonyl (C=O) groups is 2. The van der Waals surface area contributed by atoms with E-state index in [-0.39, 0.29) is 17.9 Å². The number of rotatable bonds is 17. The second-order valence-electron chi connectivity index (χ2n) is 7.84. The highest BCUT2D eigenvalue weighted by Gasteiger charge is 2.37. The van der Waals surface area contributed by atoms with E-state index in [1.807, 2.05) is 0 Å². The Morgan fingerprint density at radius 3 is 1.85 bits per heavy atom. The highest BCUT2D eigenvalue weighted by molar-refractivity contribution is 6.05. The molecule has 1 rings (SSSR count). The predicted molar refractivity (Wildman–Crippen MR) is 109 cm³/mol.